The second-order valence-electron chi connectivity index (χ2n) is 5.02. The van der Waals surface area contributed by atoms with Crippen molar-refractivity contribution in [1.29, 1.82) is 0 Å². The van der Waals surface area contributed by atoms with Gasteiger partial charge in [-0.3, -0.25) is 9.69 Å². The molecule has 1 aliphatic heterocycles. The number of sulfone groups is 1. The molecule has 1 fully saturated rings. The zero-order valence-corrected chi connectivity index (χ0v) is 12.4. The molecule has 0 unspecified atom stereocenters. The summed E-state index contributed by atoms with van der Waals surface area (Å²) >= 11 is 0. The van der Waals surface area contributed by atoms with Gasteiger partial charge >= 0.3 is 6.18 Å². The lowest BCUT2D eigenvalue weighted by Crippen LogP contribution is -2.44. The number of nitrogens with zero attached hydrogens (tertiary/aromatic N) is 1. The second-order valence-corrected chi connectivity index (χ2v) is 7.32. The summed E-state index contributed by atoms with van der Waals surface area (Å²) < 4.78 is 61.0. The average Bonchev–Trinajstić information content (AvgIpc) is 2.40. The highest BCUT2D eigenvalue weighted by molar-refractivity contribution is 7.91. The fourth-order valence-corrected chi connectivity index (χ4v) is 3.42. The van der Waals surface area contributed by atoms with Crippen molar-refractivity contribution in [3.63, 3.8) is 0 Å². The Morgan fingerprint density at radius 3 is 2.36 bits per heavy atom. The smallest absolute Gasteiger partial charge is 0.324 e. The third-order valence-corrected chi connectivity index (χ3v) is 4.92. The Morgan fingerprint density at radius 2 is 1.77 bits per heavy atom. The largest absolute Gasteiger partial charge is 0.418 e. The van der Waals surface area contributed by atoms with E-state index < -0.39 is 27.5 Å². The number of carbonyl (C=O) groups is 1. The van der Waals surface area contributed by atoms with Gasteiger partial charge in [0.2, 0.25) is 5.91 Å². The Bertz CT molecular complexity index is 645. The van der Waals surface area contributed by atoms with E-state index in [1.165, 1.54) is 18.2 Å². The van der Waals surface area contributed by atoms with Crippen LogP contribution in [0.25, 0.3) is 0 Å². The number of amides is 1. The van der Waals surface area contributed by atoms with Crippen molar-refractivity contribution >= 4 is 21.4 Å². The first kappa shape index (κ1) is 16.8. The van der Waals surface area contributed by atoms with Gasteiger partial charge in [-0.05, 0) is 12.1 Å². The predicted molar refractivity (Wildman–Crippen MR) is 75.2 cm³/mol. The van der Waals surface area contributed by atoms with Crippen LogP contribution in [0.3, 0.4) is 0 Å². The summed E-state index contributed by atoms with van der Waals surface area (Å²) in [6.45, 7) is 0.273. The molecule has 1 saturated heterocycles. The Balaban J connectivity index is 1.99. The van der Waals surface area contributed by atoms with Crippen molar-refractivity contribution in [1.82, 2.24) is 4.90 Å². The lowest BCUT2D eigenvalue weighted by atomic mass is 10.1. The molecular weight excluding hydrogens is 321 g/mol. The molecule has 0 radical (unpaired) electrons. The minimum Gasteiger partial charge on any atom is -0.324 e. The minimum atomic E-state index is -4.55. The molecule has 122 valence electrons. The van der Waals surface area contributed by atoms with Gasteiger partial charge in [0, 0.05) is 13.1 Å². The predicted octanol–water partition coefficient (Wildman–Crippen LogP) is 1.37. The monoisotopic (exact) mass is 336 g/mol. The van der Waals surface area contributed by atoms with Crippen LogP contribution in [0.1, 0.15) is 5.56 Å². The highest BCUT2D eigenvalue weighted by Gasteiger charge is 2.33. The highest BCUT2D eigenvalue weighted by Crippen LogP contribution is 2.34. The lowest BCUT2D eigenvalue weighted by Gasteiger charge is -2.26. The molecule has 2 rings (SSSR count). The first-order valence-electron chi connectivity index (χ1n) is 6.56. The topological polar surface area (TPSA) is 66.5 Å². The van der Waals surface area contributed by atoms with Crippen molar-refractivity contribution in [2.24, 2.45) is 0 Å². The number of nitrogens with one attached hydrogen (secondary N) is 1. The summed E-state index contributed by atoms with van der Waals surface area (Å²) in [6.07, 6.45) is -4.55. The van der Waals surface area contributed by atoms with Crippen LogP contribution in [-0.2, 0) is 20.8 Å². The molecular formula is C13H15F3N2O3S. The van der Waals surface area contributed by atoms with Gasteiger partial charge < -0.3 is 5.32 Å². The molecule has 1 heterocycles. The van der Waals surface area contributed by atoms with E-state index in [1.54, 1.807) is 4.90 Å². The van der Waals surface area contributed by atoms with E-state index in [2.05, 4.69) is 5.32 Å². The van der Waals surface area contributed by atoms with Crippen LogP contribution in [0.5, 0.6) is 0 Å². The number of halogens is 3. The third kappa shape index (κ3) is 4.44. The number of hydrogen-bond donors (Lipinski definition) is 1. The van der Waals surface area contributed by atoms with Gasteiger partial charge in [-0.1, -0.05) is 12.1 Å². The summed E-state index contributed by atoms with van der Waals surface area (Å²) in [5.41, 5.74) is -1.21. The standard InChI is InChI=1S/C13H15F3N2O3S/c14-13(15,16)10-3-1-2-4-11(10)17-12(19)9-18-5-7-22(20,21)8-6-18/h1-4H,5-9H2,(H,17,19). The number of rotatable bonds is 3. The van der Waals surface area contributed by atoms with E-state index in [4.69, 9.17) is 0 Å². The third-order valence-electron chi connectivity index (χ3n) is 3.31. The molecule has 22 heavy (non-hydrogen) atoms. The normalized spacial score (nSPS) is 18.9. The summed E-state index contributed by atoms with van der Waals surface area (Å²) in [5, 5.41) is 2.24. The molecule has 0 atom stereocenters. The van der Waals surface area contributed by atoms with Crippen molar-refractivity contribution in [2.75, 3.05) is 36.5 Å². The Labute approximate surface area is 126 Å². The van der Waals surface area contributed by atoms with Crippen molar-refractivity contribution < 1.29 is 26.4 Å². The number of carbonyl (C=O) groups excluding carboxylic acids is 1. The minimum absolute atomic E-state index is 0.0422. The van der Waals surface area contributed by atoms with E-state index in [1.807, 2.05) is 0 Å². The Morgan fingerprint density at radius 1 is 1.18 bits per heavy atom. The molecule has 0 aromatic heterocycles. The fourth-order valence-electron chi connectivity index (χ4n) is 2.14. The summed E-state index contributed by atoms with van der Waals surface area (Å²) in [6, 6.07) is 4.72. The van der Waals surface area contributed by atoms with Gasteiger partial charge in [0.05, 0.1) is 29.3 Å². The van der Waals surface area contributed by atoms with Crippen LogP contribution >= 0.6 is 0 Å². The molecule has 1 N–H and O–H groups in total. The number of anilines is 1. The first-order chi connectivity index (χ1) is 10.2. The van der Waals surface area contributed by atoms with Crippen LogP contribution in [0.15, 0.2) is 24.3 Å². The molecule has 1 aliphatic rings. The maximum absolute atomic E-state index is 12.8. The van der Waals surface area contributed by atoms with Crippen molar-refractivity contribution in [3.05, 3.63) is 29.8 Å². The van der Waals surface area contributed by atoms with Gasteiger partial charge in [0.1, 0.15) is 0 Å². The highest BCUT2D eigenvalue weighted by atomic mass is 32.2. The quantitative estimate of drug-likeness (QED) is 0.905. The molecule has 1 aromatic rings. The van der Waals surface area contributed by atoms with E-state index in [0.717, 1.165) is 6.07 Å². The first-order valence-corrected chi connectivity index (χ1v) is 8.38. The molecule has 1 amide bonds. The number of alkyl halides is 3. The van der Waals surface area contributed by atoms with Crippen LogP contribution < -0.4 is 5.32 Å². The zero-order valence-electron chi connectivity index (χ0n) is 11.6. The van der Waals surface area contributed by atoms with Gasteiger partial charge in [0.25, 0.3) is 0 Å². The number of para-hydroxylation sites is 1. The molecule has 9 heteroatoms. The molecule has 0 aliphatic carbocycles. The zero-order chi connectivity index (χ0) is 16.4. The van der Waals surface area contributed by atoms with Crippen LogP contribution in [0.2, 0.25) is 0 Å². The van der Waals surface area contributed by atoms with E-state index in [-0.39, 0.29) is 36.8 Å². The van der Waals surface area contributed by atoms with Gasteiger partial charge in [-0.25, -0.2) is 8.42 Å². The fraction of sp³-hybridized carbons (Fsp3) is 0.462. The molecule has 0 saturated carbocycles. The van der Waals surface area contributed by atoms with Gasteiger partial charge in [0.15, 0.2) is 9.84 Å². The second kappa shape index (κ2) is 6.25. The van der Waals surface area contributed by atoms with E-state index in [9.17, 15) is 26.4 Å². The number of benzene rings is 1. The van der Waals surface area contributed by atoms with Crippen LogP contribution in [0, 0.1) is 0 Å². The number of hydrogen-bond acceptors (Lipinski definition) is 4. The molecule has 1 aromatic carbocycles. The van der Waals surface area contributed by atoms with E-state index >= 15 is 0 Å². The maximum atomic E-state index is 12.8. The van der Waals surface area contributed by atoms with Gasteiger partial charge in [-0.15, -0.1) is 0 Å². The Kier molecular flexibility index (Phi) is 4.76. The SMILES string of the molecule is O=C(CN1CCS(=O)(=O)CC1)Nc1ccccc1C(F)(F)F. The van der Waals surface area contributed by atoms with Crippen LogP contribution in [-0.4, -0.2) is 50.4 Å². The van der Waals surface area contributed by atoms with Crippen molar-refractivity contribution in [2.45, 2.75) is 6.18 Å². The van der Waals surface area contributed by atoms with Crippen LogP contribution in [0.4, 0.5) is 18.9 Å². The Hall–Kier alpha value is -1.61. The molecule has 0 spiro atoms. The van der Waals surface area contributed by atoms with E-state index in [0.29, 0.717) is 0 Å². The molecule has 0 bridgehead atoms. The lowest BCUT2D eigenvalue weighted by molar-refractivity contribution is -0.137. The summed E-state index contributed by atoms with van der Waals surface area (Å²) in [4.78, 5) is 13.5. The summed E-state index contributed by atoms with van der Waals surface area (Å²) in [5.74, 6) is -0.685. The summed E-state index contributed by atoms with van der Waals surface area (Å²) in [7, 11) is -3.06. The van der Waals surface area contributed by atoms with Crippen molar-refractivity contribution in [3.8, 4) is 0 Å². The van der Waals surface area contributed by atoms with Gasteiger partial charge in [-0.2, -0.15) is 13.2 Å². The molecule has 5 nitrogen and oxygen atoms in total. The maximum Gasteiger partial charge on any atom is 0.418 e. The average molecular weight is 336 g/mol.